The summed E-state index contributed by atoms with van der Waals surface area (Å²) in [4.78, 5) is 35.1. The number of benzene rings is 1. The second-order valence-electron chi connectivity index (χ2n) is 10.2. The number of nitrogens with zero attached hydrogens (tertiary/aromatic N) is 5. The molecular weight excluding hydrogens is 475 g/mol. The average molecular weight is 507 g/mol. The van der Waals surface area contributed by atoms with E-state index in [-0.39, 0.29) is 35.8 Å². The predicted octanol–water partition coefficient (Wildman–Crippen LogP) is 3.45. The number of anilines is 1. The van der Waals surface area contributed by atoms with E-state index in [1.807, 2.05) is 17.6 Å². The lowest BCUT2D eigenvalue weighted by Gasteiger charge is -2.35. The first-order valence-corrected chi connectivity index (χ1v) is 13.1. The normalized spacial score (nSPS) is 21.3. The molecule has 2 fully saturated rings. The van der Waals surface area contributed by atoms with Gasteiger partial charge < -0.3 is 19.9 Å². The van der Waals surface area contributed by atoms with Gasteiger partial charge in [-0.3, -0.25) is 9.59 Å². The van der Waals surface area contributed by atoms with Gasteiger partial charge in [0.25, 0.3) is 11.8 Å². The SMILES string of the molecule is CN1CCNC(=O)COc2ccc(F)cc2C(=O)N2CCCCC2c2cc3nc(C4CCC4)cc1n3n2. The van der Waals surface area contributed by atoms with Crippen molar-refractivity contribution in [3.63, 3.8) is 0 Å². The topological polar surface area (TPSA) is 92.1 Å². The second kappa shape index (κ2) is 9.64. The van der Waals surface area contributed by atoms with Gasteiger partial charge in [-0.2, -0.15) is 9.61 Å². The first kappa shape index (κ1) is 23.7. The third-order valence-electron chi connectivity index (χ3n) is 7.77. The number of likely N-dealkylation sites (N-methyl/N-ethyl adjacent to an activating group) is 1. The van der Waals surface area contributed by atoms with Gasteiger partial charge in [0.1, 0.15) is 17.4 Å². The number of aromatic nitrogens is 3. The van der Waals surface area contributed by atoms with E-state index in [9.17, 15) is 14.0 Å². The van der Waals surface area contributed by atoms with Crippen LogP contribution in [0.1, 0.15) is 72.2 Å². The van der Waals surface area contributed by atoms with Crippen LogP contribution in [0.15, 0.2) is 30.3 Å². The molecule has 1 saturated carbocycles. The van der Waals surface area contributed by atoms with Crippen LogP contribution < -0.4 is 15.0 Å². The molecule has 3 aliphatic rings. The number of halogens is 1. The van der Waals surface area contributed by atoms with Crippen molar-refractivity contribution in [2.45, 2.75) is 50.5 Å². The van der Waals surface area contributed by atoms with Crippen LogP contribution in [-0.4, -0.2) is 64.6 Å². The number of rotatable bonds is 1. The smallest absolute Gasteiger partial charge is 0.258 e. The molecule has 6 rings (SSSR count). The molecule has 2 aliphatic heterocycles. The quantitative estimate of drug-likeness (QED) is 0.544. The minimum atomic E-state index is -0.531. The van der Waals surface area contributed by atoms with E-state index in [1.165, 1.54) is 24.6 Å². The van der Waals surface area contributed by atoms with Gasteiger partial charge in [0, 0.05) is 50.4 Å². The Balaban J connectivity index is 1.47. The molecular formula is C27H31FN6O3. The van der Waals surface area contributed by atoms with Crippen molar-refractivity contribution in [1.82, 2.24) is 24.8 Å². The van der Waals surface area contributed by atoms with Gasteiger partial charge in [-0.05, 0) is 50.3 Å². The Kier molecular flexibility index (Phi) is 6.18. The summed E-state index contributed by atoms with van der Waals surface area (Å²) in [5.41, 5.74) is 2.70. The van der Waals surface area contributed by atoms with Crippen LogP contribution in [0.5, 0.6) is 5.75 Å². The fraction of sp³-hybridized carbons (Fsp3) is 0.481. The van der Waals surface area contributed by atoms with Gasteiger partial charge >= 0.3 is 0 Å². The van der Waals surface area contributed by atoms with E-state index < -0.39 is 5.82 Å². The number of piperidine rings is 1. The number of carbonyl (C=O) groups excluding carboxylic acids is 2. The Bertz CT molecular complexity index is 1350. The highest BCUT2D eigenvalue weighted by atomic mass is 19.1. The molecule has 2 aromatic heterocycles. The molecule has 194 valence electrons. The lowest BCUT2D eigenvalue weighted by Crippen LogP contribution is -2.39. The molecule has 1 N–H and O–H groups in total. The van der Waals surface area contributed by atoms with E-state index in [0.717, 1.165) is 55.0 Å². The number of carbonyl (C=O) groups is 2. The minimum absolute atomic E-state index is 0.112. The molecule has 0 spiro atoms. The van der Waals surface area contributed by atoms with Crippen molar-refractivity contribution in [3.8, 4) is 5.75 Å². The van der Waals surface area contributed by atoms with Crippen LogP contribution in [-0.2, 0) is 4.79 Å². The Morgan fingerprint density at radius 1 is 1.03 bits per heavy atom. The third kappa shape index (κ3) is 4.49. The van der Waals surface area contributed by atoms with Gasteiger partial charge in [0.15, 0.2) is 12.3 Å². The molecule has 2 amide bonds. The summed E-state index contributed by atoms with van der Waals surface area (Å²) in [6, 6.07) is 7.66. The van der Waals surface area contributed by atoms with Crippen LogP contribution >= 0.6 is 0 Å². The summed E-state index contributed by atoms with van der Waals surface area (Å²) in [6.45, 7) is 1.24. The van der Waals surface area contributed by atoms with Crippen molar-refractivity contribution in [2.75, 3.05) is 38.2 Å². The van der Waals surface area contributed by atoms with Gasteiger partial charge in [-0.25, -0.2) is 9.37 Å². The highest BCUT2D eigenvalue weighted by Crippen LogP contribution is 2.38. The second-order valence-corrected chi connectivity index (χ2v) is 10.2. The van der Waals surface area contributed by atoms with E-state index >= 15 is 0 Å². The minimum Gasteiger partial charge on any atom is -0.483 e. The standard InChI is InChI=1S/C27H31FN6O3/c1-32-12-10-29-25(35)16-37-23-9-8-18(28)13-19(23)27(36)33-11-3-2-7-22(33)21-14-24-30-20(17-5-4-6-17)15-26(32)34(24)31-21/h8-9,13-15,17,22H,2-7,10-12,16H2,1H3,(H,29,35). The number of hydrogen-bond acceptors (Lipinski definition) is 6. The summed E-state index contributed by atoms with van der Waals surface area (Å²) in [5, 5.41) is 7.82. The van der Waals surface area contributed by atoms with Crippen molar-refractivity contribution in [3.05, 3.63) is 53.1 Å². The van der Waals surface area contributed by atoms with Crippen molar-refractivity contribution >= 4 is 23.3 Å². The molecule has 3 aromatic rings. The molecule has 1 aromatic carbocycles. The van der Waals surface area contributed by atoms with Crippen LogP contribution in [0.25, 0.3) is 5.65 Å². The summed E-state index contributed by atoms with van der Waals surface area (Å²) < 4.78 is 21.8. The van der Waals surface area contributed by atoms with Gasteiger partial charge in [0.05, 0.1) is 17.3 Å². The van der Waals surface area contributed by atoms with Crippen LogP contribution in [0.4, 0.5) is 10.2 Å². The average Bonchev–Trinajstić information content (AvgIpc) is 3.29. The lowest BCUT2D eigenvalue weighted by molar-refractivity contribution is -0.123. The Morgan fingerprint density at radius 2 is 1.89 bits per heavy atom. The zero-order chi connectivity index (χ0) is 25.5. The molecule has 10 heteroatoms. The summed E-state index contributed by atoms with van der Waals surface area (Å²) in [6.07, 6.45) is 6.03. The van der Waals surface area contributed by atoms with E-state index in [1.54, 1.807) is 4.90 Å². The molecule has 2 bridgehead atoms. The van der Waals surface area contributed by atoms with Crippen molar-refractivity contribution in [1.29, 1.82) is 0 Å². The highest BCUT2D eigenvalue weighted by Gasteiger charge is 2.33. The number of hydrogen-bond donors (Lipinski definition) is 1. The molecule has 0 radical (unpaired) electrons. The monoisotopic (exact) mass is 506 g/mol. The largest absolute Gasteiger partial charge is 0.483 e. The fourth-order valence-corrected chi connectivity index (χ4v) is 5.45. The third-order valence-corrected chi connectivity index (χ3v) is 7.77. The Morgan fingerprint density at radius 3 is 2.70 bits per heavy atom. The lowest BCUT2D eigenvalue weighted by atomic mass is 9.83. The van der Waals surface area contributed by atoms with Crippen LogP contribution in [0.3, 0.4) is 0 Å². The molecule has 1 saturated heterocycles. The highest BCUT2D eigenvalue weighted by molar-refractivity contribution is 5.97. The molecule has 1 atom stereocenters. The molecule has 1 aliphatic carbocycles. The van der Waals surface area contributed by atoms with E-state index in [4.69, 9.17) is 14.8 Å². The first-order chi connectivity index (χ1) is 18.0. The fourth-order valence-electron chi connectivity index (χ4n) is 5.45. The number of ether oxygens (including phenoxy) is 1. The summed E-state index contributed by atoms with van der Waals surface area (Å²) >= 11 is 0. The Labute approximate surface area is 214 Å². The summed E-state index contributed by atoms with van der Waals surface area (Å²) in [5.74, 6) is 0.368. The van der Waals surface area contributed by atoms with Crippen LogP contribution in [0, 0.1) is 5.82 Å². The molecule has 4 heterocycles. The van der Waals surface area contributed by atoms with Crippen molar-refractivity contribution < 1.29 is 18.7 Å². The Hall–Kier alpha value is -3.69. The van der Waals surface area contributed by atoms with Gasteiger partial charge in [-0.1, -0.05) is 6.42 Å². The maximum Gasteiger partial charge on any atom is 0.258 e. The van der Waals surface area contributed by atoms with E-state index in [2.05, 4.69) is 16.3 Å². The molecule has 9 nitrogen and oxygen atoms in total. The van der Waals surface area contributed by atoms with Crippen LogP contribution in [0.2, 0.25) is 0 Å². The molecule has 1 unspecified atom stereocenters. The van der Waals surface area contributed by atoms with Gasteiger partial charge in [-0.15, -0.1) is 0 Å². The zero-order valence-electron chi connectivity index (χ0n) is 21.0. The van der Waals surface area contributed by atoms with Crippen molar-refractivity contribution in [2.24, 2.45) is 0 Å². The number of fused-ring (bicyclic) bond motifs is 4. The number of nitrogens with one attached hydrogen (secondary N) is 1. The van der Waals surface area contributed by atoms with E-state index in [0.29, 0.717) is 25.6 Å². The maximum absolute atomic E-state index is 14.2. The molecule has 37 heavy (non-hydrogen) atoms. The summed E-state index contributed by atoms with van der Waals surface area (Å²) in [7, 11) is 1.98. The predicted molar refractivity (Wildman–Crippen MR) is 135 cm³/mol. The van der Waals surface area contributed by atoms with Gasteiger partial charge in [0.2, 0.25) is 0 Å². The first-order valence-electron chi connectivity index (χ1n) is 13.1. The number of amides is 2. The maximum atomic E-state index is 14.2. The zero-order valence-corrected chi connectivity index (χ0v) is 21.0.